The van der Waals surface area contributed by atoms with Gasteiger partial charge >= 0.3 is 17.9 Å². The van der Waals surface area contributed by atoms with Crippen LogP contribution < -0.4 is 0 Å². The predicted octanol–water partition coefficient (Wildman–Crippen LogP) is 15.4. The molecule has 326 valence electrons. The van der Waals surface area contributed by atoms with Gasteiger partial charge in [-0.3, -0.25) is 14.4 Å². The highest BCUT2D eigenvalue weighted by atomic mass is 16.6. The van der Waals surface area contributed by atoms with Crippen molar-refractivity contribution in [1.29, 1.82) is 0 Å². The molecule has 0 saturated carbocycles. The van der Waals surface area contributed by atoms with Crippen molar-refractivity contribution in [2.45, 2.75) is 272 Å². The molecule has 0 radical (unpaired) electrons. The fourth-order valence-corrected chi connectivity index (χ4v) is 7.25. The van der Waals surface area contributed by atoms with Gasteiger partial charge in [-0.05, 0) is 31.1 Å². The second-order valence-electron chi connectivity index (χ2n) is 17.5. The third-order valence-electron chi connectivity index (χ3n) is 11.3. The monoisotopic (exact) mass is 779 g/mol. The number of hydrogen-bond donors (Lipinski definition) is 0. The van der Waals surface area contributed by atoms with Crippen LogP contribution in [0.15, 0.2) is 0 Å². The second-order valence-corrected chi connectivity index (χ2v) is 17.5. The van der Waals surface area contributed by atoms with E-state index in [2.05, 4.69) is 34.6 Å². The van der Waals surface area contributed by atoms with E-state index in [0.717, 1.165) is 69.6 Å². The molecule has 0 rings (SSSR count). The highest BCUT2D eigenvalue weighted by Gasteiger charge is 2.19. The Hall–Kier alpha value is -1.59. The van der Waals surface area contributed by atoms with Gasteiger partial charge in [0.25, 0.3) is 0 Å². The number of carbonyl (C=O) groups excluding carboxylic acids is 3. The van der Waals surface area contributed by atoms with Crippen LogP contribution in [-0.4, -0.2) is 37.2 Å². The topological polar surface area (TPSA) is 78.9 Å². The summed E-state index contributed by atoms with van der Waals surface area (Å²) in [6, 6.07) is 0. The van der Waals surface area contributed by atoms with Gasteiger partial charge in [-0.25, -0.2) is 0 Å². The van der Waals surface area contributed by atoms with Crippen molar-refractivity contribution in [2.75, 3.05) is 13.2 Å². The van der Waals surface area contributed by atoms with E-state index >= 15 is 0 Å². The van der Waals surface area contributed by atoms with Crippen molar-refractivity contribution < 1.29 is 28.6 Å². The summed E-state index contributed by atoms with van der Waals surface area (Å²) in [7, 11) is 0. The van der Waals surface area contributed by atoms with Crippen molar-refractivity contribution in [2.24, 2.45) is 11.8 Å². The lowest BCUT2D eigenvalue weighted by atomic mass is 10.00. The average Bonchev–Trinajstić information content (AvgIpc) is 3.17. The number of hydrogen-bond acceptors (Lipinski definition) is 6. The second kappa shape index (κ2) is 42.0. The van der Waals surface area contributed by atoms with Crippen molar-refractivity contribution in [3.8, 4) is 0 Å². The van der Waals surface area contributed by atoms with Crippen LogP contribution in [0.3, 0.4) is 0 Å². The molecule has 0 aliphatic carbocycles. The third-order valence-corrected chi connectivity index (χ3v) is 11.3. The molecular weight excluding hydrogens is 685 g/mol. The largest absolute Gasteiger partial charge is 0.462 e. The molecule has 1 unspecified atom stereocenters. The molecular formula is C49H94O6. The van der Waals surface area contributed by atoms with Crippen molar-refractivity contribution in [1.82, 2.24) is 0 Å². The Kier molecular flexibility index (Phi) is 40.8. The quantitative estimate of drug-likeness (QED) is 0.0348. The Morgan fingerprint density at radius 1 is 0.382 bits per heavy atom. The lowest BCUT2D eigenvalue weighted by molar-refractivity contribution is -0.167. The fourth-order valence-electron chi connectivity index (χ4n) is 7.25. The number of carbonyl (C=O) groups is 3. The van der Waals surface area contributed by atoms with Crippen LogP contribution in [0.1, 0.15) is 266 Å². The summed E-state index contributed by atoms with van der Waals surface area (Å²) in [5, 5.41) is 0. The van der Waals surface area contributed by atoms with Gasteiger partial charge in [0.1, 0.15) is 13.2 Å². The summed E-state index contributed by atoms with van der Waals surface area (Å²) in [5.41, 5.74) is 0. The average molecular weight is 779 g/mol. The van der Waals surface area contributed by atoms with Crippen LogP contribution in [0.4, 0.5) is 0 Å². The van der Waals surface area contributed by atoms with E-state index in [4.69, 9.17) is 14.2 Å². The standard InChI is InChI=1S/C49H94O6/c1-6-8-9-10-11-12-13-14-15-16-17-18-19-20-21-22-29-34-39-47(50)53-42-46(43-54-48(51)40-35-30-25-23-27-32-37-44(3)4)55-49(52)41-36-31-26-24-28-33-38-45(5)7-2/h44-46H,6-43H2,1-5H3/t45?,46-/m0/s1. The van der Waals surface area contributed by atoms with E-state index in [0.29, 0.717) is 19.3 Å². The Morgan fingerprint density at radius 3 is 1.04 bits per heavy atom. The summed E-state index contributed by atoms with van der Waals surface area (Å²) in [6.07, 6.45) is 41.1. The van der Waals surface area contributed by atoms with Gasteiger partial charge in [0.15, 0.2) is 6.10 Å². The lowest BCUT2D eigenvalue weighted by Crippen LogP contribution is -2.30. The zero-order valence-corrected chi connectivity index (χ0v) is 37.6. The van der Waals surface area contributed by atoms with Crippen LogP contribution in [0.5, 0.6) is 0 Å². The molecule has 0 fully saturated rings. The highest BCUT2D eigenvalue weighted by molar-refractivity contribution is 5.71. The summed E-state index contributed by atoms with van der Waals surface area (Å²) < 4.78 is 16.7. The molecule has 0 spiro atoms. The summed E-state index contributed by atoms with van der Waals surface area (Å²) in [5.74, 6) is 0.711. The molecule has 0 aromatic heterocycles. The van der Waals surface area contributed by atoms with Crippen LogP contribution in [0.2, 0.25) is 0 Å². The molecule has 0 aliphatic rings. The van der Waals surface area contributed by atoms with E-state index < -0.39 is 6.10 Å². The van der Waals surface area contributed by atoms with Crippen molar-refractivity contribution in [3.63, 3.8) is 0 Å². The molecule has 0 aliphatic heterocycles. The van der Waals surface area contributed by atoms with Crippen molar-refractivity contribution >= 4 is 17.9 Å². The molecule has 6 heteroatoms. The Labute approximate surface area is 342 Å². The first-order valence-corrected chi connectivity index (χ1v) is 24.3. The number of unbranched alkanes of at least 4 members (excludes halogenated alkanes) is 27. The lowest BCUT2D eigenvalue weighted by Gasteiger charge is -2.18. The number of esters is 3. The minimum atomic E-state index is -0.762. The van der Waals surface area contributed by atoms with Crippen molar-refractivity contribution in [3.05, 3.63) is 0 Å². The zero-order chi connectivity index (χ0) is 40.5. The fraction of sp³-hybridized carbons (Fsp3) is 0.939. The maximum absolute atomic E-state index is 12.7. The first kappa shape index (κ1) is 53.4. The molecule has 0 N–H and O–H groups in total. The van der Waals surface area contributed by atoms with Crippen LogP contribution in [-0.2, 0) is 28.6 Å². The first-order valence-electron chi connectivity index (χ1n) is 24.3. The van der Waals surface area contributed by atoms with E-state index in [9.17, 15) is 14.4 Å². The zero-order valence-electron chi connectivity index (χ0n) is 37.6. The van der Waals surface area contributed by atoms with Gasteiger partial charge in [0.2, 0.25) is 0 Å². The van der Waals surface area contributed by atoms with Crippen LogP contribution in [0.25, 0.3) is 0 Å². The third kappa shape index (κ3) is 41.9. The Morgan fingerprint density at radius 2 is 0.691 bits per heavy atom. The molecule has 2 atom stereocenters. The predicted molar refractivity (Wildman–Crippen MR) is 233 cm³/mol. The normalized spacial score (nSPS) is 12.5. The van der Waals surface area contributed by atoms with Gasteiger partial charge < -0.3 is 14.2 Å². The van der Waals surface area contributed by atoms with Crippen LogP contribution in [0, 0.1) is 11.8 Å². The van der Waals surface area contributed by atoms with Gasteiger partial charge in [0.05, 0.1) is 0 Å². The van der Waals surface area contributed by atoms with Crippen LogP contribution >= 0.6 is 0 Å². The smallest absolute Gasteiger partial charge is 0.306 e. The number of rotatable bonds is 43. The molecule has 0 amide bonds. The SMILES string of the molecule is CCCCCCCCCCCCCCCCCCCCC(=O)OC[C@@H](COC(=O)CCCCCCCCC(C)C)OC(=O)CCCCCCCCC(C)CC. The van der Waals surface area contributed by atoms with Gasteiger partial charge in [-0.2, -0.15) is 0 Å². The molecule has 0 aromatic rings. The number of ether oxygens (including phenoxy) is 3. The van der Waals surface area contributed by atoms with E-state index in [1.54, 1.807) is 0 Å². The molecule has 0 saturated heterocycles. The molecule has 0 heterocycles. The summed E-state index contributed by atoms with van der Waals surface area (Å²) in [6.45, 7) is 11.3. The van der Waals surface area contributed by atoms with Gasteiger partial charge in [-0.1, -0.05) is 227 Å². The van der Waals surface area contributed by atoms with E-state index in [-0.39, 0.29) is 31.1 Å². The minimum Gasteiger partial charge on any atom is -0.462 e. The maximum Gasteiger partial charge on any atom is 0.306 e. The van der Waals surface area contributed by atoms with Gasteiger partial charge in [-0.15, -0.1) is 0 Å². The summed E-state index contributed by atoms with van der Waals surface area (Å²) in [4.78, 5) is 37.7. The summed E-state index contributed by atoms with van der Waals surface area (Å²) >= 11 is 0. The highest BCUT2D eigenvalue weighted by Crippen LogP contribution is 2.17. The van der Waals surface area contributed by atoms with E-state index in [1.165, 1.54) is 154 Å². The van der Waals surface area contributed by atoms with E-state index in [1.807, 2.05) is 0 Å². The molecule has 0 bridgehead atoms. The Balaban J connectivity index is 4.23. The maximum atomic E-state index is 12.7. The Bertz CT molecular complexity index is 841. The minimum absolute atomic E-state index is 0.0660. The molecule has 55 heavy (non-hydrogen) atoms. The molecule has 6 nitrogen and oxygen atoms in total. The molecule has 0 aromatic carbocycles. The first-order chi connectivity index (χ1) is 26.8. The van der Waals surface area contributed by atoms with Gasteiger partial charge in [0, 0.05) is 19.3 Å².